The summed E-state index contributed by atoms with van der Waals surface area (Å²) in [6.07, 6.45) is 6.54. The van der Waals surface area contributed by atoms with Crippen LogP contribution < -0.4 is 5.73 Å². The minimum atomic E-state index is 0.528. The number of aromatic amines is 2. The number of anilines is 1. The largest absolute Gasteiger partial charge is 0.396 e. The van der Waals surface area contributed by atoms with Gasteiger partial charge in [-0.3, -0.25) is 10.2 Å². The van der Waals surface area contributed by atoms with E-state index in [0.717, 1.165) is 22.8 Å². The number of nitrogens with zero attached hydrogens (tertiary/aromatic N) is 4. The van der Waals surface area contributed by atoms with Gasteiger partial charge in [0.05, 0.1) is 11.9 Å². The summed E-state index contributed by atoms with van der Waals surface area (Å²) in [6, 6.07) is 4.08. The summed E-state index contributed by atoms with van der Waals surface area (Å²) in [6.45, 7) is 0. The van der Waals surface area contributed by atoms with E-state index in [0.29, 0.717) is 29.0 Å². The minimum absolute atomic E-state index is 0.528. The maximum absolute atomic E-state index is 6.06. The summed E-state index contributed by atoms with van der Waals surface area (Å²) in [5.74, 6) is 1.82. The minimum Gasteiger partial charge on any atom is -0.396 e. The highest BCUT2D eigenvalue weighted by Crippen LogP contribution is 2.41. The first-order valence-corrected chi connectivity index (χ1v) is 8.02. The van der Waals surface area contributed by atoms with Crippen LogP contribution in [0.15, 0.2) is 18.3 Å². The summed E-state index contributed by atoms with van der Waals surface area (Å²) in [4.78, 5) is 8.92. The van der Waals surface area contributed by atoms with Gasteiger partial charge in [-0.15, -0.1) is 0 Å². The molecule has 0 radical (unpaired) electrons. The summed E-state index contributed by atoms with van der Waals surface area (Å²) in [7, 11) is 0. The highest BCUT2D eigenvalue weighted by atomic mass is 15.2. The molecule has 23 heavy (non-hydrogen) atoms. The van der Waals surface area contributed by atoms with E-state index >= 15 is 0 Å². The SMILES string of the molecule is Nc1cnc(-c2cc(C3CC3)[nH]n2)nc1-c1cc(C2CC2)[nH]n1. The topological polar surface area (TPSA) is 109 Å². The molecule has 2 aliphatic carbocycles. The second-order valence-electron chi connectivity index (χ2n) is 6.46. The Hall–Kier alpha value is -2.70. The summed E-state index contributed by atoms with van der Waals surface area (Å²) in [5, 5.41) is 14.9. The van der Waals surface area contributed by atoms with Crippen LogP contribution in [0.4, 0.5) is 5.69 Å². The van der Waals surface area contributed by atoms with Gasteiger partial charge in [0.15, 0.2) is 5.82 Å². The predicted octanol–water partition coefficient (Wildman–Crippen LogP) is 2.59. The second-order valence-corrected chi connectivity index (χ2v) is 6.46. The molecule has 0 bridgehead atoms. The van der Waals surface area contributed by atoms with Gasteiger partial charge >= 0.3 is 0 Å². The van der Waals surface area contributed by atoms with Crippen molar-refractivity contribution in [2.24, 2.45) is 0 Å². The summed E-state index contributed by atoms with van der Waals surface area (Å²) < 4.78 is 0. The molecule has 0 aliphatic heterocycles. The smallest absolute Gasteiger partial charge is 0.180 e. The molecular formula is C16H17N7. The maximum atomic E-state index is 6.06. The van der Waals surface area contributed by atoms with Crippen molar-refractivity contribution in [3.63, 3.8) is 0 Å². The molecule has 7 nitrogen and oxygen atoms in total. The number of H-pyrrole nitrogens is 2. The number of aromatic nitrogens is 6. The molecule has 0 amide bonds. The standard InChI is InChI=1S/C16H17N7/c17-10-7-18-16(14-6-12(21-23-14)9-3-4-9)19-15(10)13-5-11(20-22-13)8-1-2-8/h5-9H,1-4,17H2,(H,20,22)(H,21,23). The molecule has 0 saturated heterocycles. The molecule has 3 heterocycles. The van der Waals surface area contributed by atoms with E-state index in [4.69, 9.17) is 5.73 Å². The Kier molecular flexibility index (Phi) is 2.59. The maximum Gasteiger partial charge on any atom is 0.180 e. The molecule has 0 unspecified atom stereocenters. The molecule has 2 saturated carbocycles. The lowest BCUT2D eigenvalue weighted by Gasteiger charge is -2.02. The third kappa shape index (κ3) is 2.28. The van der Waals surface area contributed by atoms with Crippen molar-refractivity contribution in [1.82, 2.24) is 30.4 Å². The fourth-order valence-electron chi connectivity index (χ4n) is 2.84. The zero-order valence-electron chi connectivity index (χ0n) is 12.6. The number of hydrogen-bond donors (Lipinski definition) is 3. The fourth-order valence-corrected chi connectivity index (χ4v) is 2.84. The van der Waals surface area contributed by atoms with Crippen LogP contribution in [0.25, 0.3) is 22.9 Å². The number of hydrogen-bond acceptors (Lipinski definition) is 5. The summed E-state index contributed by atoms with van der Waals surface area (Å²) in [5.41, 5.74) is 11.1. The van der Waals surface area contributed by atoms with Crippen molar-refractivity contribution >= 4 is 5.69 Å². The highest BCUT2D eigenvalue weighted by molar-refractivity contribution is 5.71. The van der Waals surface area contributed by atoms with E-state index in [1.807, 2.05) is 12.1 Å². The molecule has 2 aliphatic rings. The molecule has 0 spiro atoms. The molecule has 5 rings (SSSR count). The Bertz CT molecular complexity index is 870. The van der Waals surface area contributed by atoms with E-state index < -0.39 is 0 Å². The fraction of sp³-hybridized carbons (Fsp3) is 0.375. The van der Waals surface area contributed by atoms with Crippen LogP contribution in [0.5, 0.6) is 0 Å². The normalized spacial score (nSPS) is 17.6. The number of rotatable bonds is 4. The lowest BCUT2D eigenvalue weighted by molar-refractivity contribution is 0.961. The van der Waals surface area contributed by atoms with Crippen LogP contribution >= 0.6 is 0 Å². The lowest BCUT2D eigenvalue weighted by atomic mass is 10.2. The van der Waals surface area contributed by atoms with Crippen LogP contribution in [0.2, 0.25) is 0 Å². The predicted molar refractivity (Wildman–Crippen MR) is 85.6 cm³/mol. The van der Waals surface area contributed by atoms with E-state index in [1.54, 1.807) is 6.20 Å². The number of nitrogens with one attached hydrogen (secondary N) is 2. The van der Waals surface area contributed by atoms with Crippen molar-refractivity contribution in [3.8, 4) is 22.9 Å². The van der Waals surface area contributed by atoms with Gasteiger partial charge in [-0.05, 0) is 37.8 Å². The molecule has 3 aromatic heterocycles. The lowest BCUT2D eigenvalue weighted by Crippen LogP contribution is -1.98. The Labute approximate surface area is 132 Å². The van der Waals surface area contributed by atoms with Gasteiger partial charge in [0.2, 0.25) is 0 Å². The molecule has 116 valence electrons. The average Bonchev–Trinajstić information content (AvgIpc) is 3.50. The van der Waals surface area contributed by atoms with Gasteiger partial charge in [0, 0.05) is 23.2 Å². The van der Waals surface area contributed by atoms with Crippen molar-refractivity contribution < 1.29 is 0 Å². The zero-order chi connectivity index (χ0) is 15.4. The van der Waals surface area contributed by atoms with E-state index in [9.17, 15) is 0 Å². The Morgan fingerprint density at radius 2 is 1.52 bits per heavy atom. The summed E-state index contributed by atoms with van der Waals surface area (Å²) >= 11 is 0. The van der Waals surface area contributed by atoms with Gasteiger partial charge in [-0.2, -0.15) is 10.2 Å². The van der Waals surface area contributed by atoms with Gasteiger partial charge in [0.1, 0.15) is 17.1 Å². The highest BCUT2D eigenvalue weighted by Gasteiger charge is 2.27. The molecular weight excluding hydrogens is 290 g/mol. The number of nitrogens with two attached hydrogens (primary N) is 1. The third-order valence-electron chi connectivity index (χ3n) is 4.52. The first-order chi connectivity index (χ1) is 11.3. The van der Waals surface area contributed by atoms with E-state index in [1.165, 1.54) is 25.7 Å². The second kappa shape index (κ2) is 4.65. The first kappa shape index (κ1) is 12.8. The van der Waals surface area contributed by atoms with Crippen LogP contribution in [0, 0.1) is 0 Å². The van der Waals surface area contributed by atoms with Crippen LogP contribution in [0.3, 0.4) is 0 Å². The van der Waals surface area contributed by atoms with Crippen LogP contribution in [-0.4, -0.2) is 30.4 Å². The molecule has 7 heteroatoms. The molecule has 2 fully saturated rings. The van der Waals surface area contributed by atoms with Crippen molar-refractivity contribution in [1.29, 1.82) is 0 Å². The van der Waals surface area contributed by atoms with Crippen LogP contribution in [0.1, 0.15) is 48.9 Å². The van der Waals surface area contributed by atoms with Gasteiger partial charge in [-0.1, -0.05) is 0 Å². The Morgan fingerprint density at radius 1 is 0.913 bits per heavy atom. The monoisotopic (exact) mass is 307 g/mol. The van der Waals surface area contributed by atoms with Gasteiger partial charge in [-0.25, -0.2) is 9.97 Å². The van der Waals surface area contributed by atoms with E-state index in [-0.39, 0.29) is 0 Å². The molecule has 0 aromatic carbocycles. The van der Waals surface area contributed by atoms with Crippen molar-refractivity contribution in [2.75, 3.05) is 5.73 Å². The molecule has 3 aromatic rings. The van der Waals surface area contributed by atoms with Crippen molar-refractivity contribution in [3.05, 3.63) is 29.7 Å². The van der Waals surface area contributed by atoms with Crippen LogP contribution in [-0.2, 0) is 0 Å². The average molecular weight is 307 g/mol. The number of nitrogen functional groups attached to an aromatic ring is 1. The molecule has 4 N–H and O–H groups in total. The van der Waals surface area contributed by atoms with Crippen molar-refractivity contribution in [2.45, 2.75) is 37.5 Å². The quantitative estimate of drug-likeness (QED) is 0.686. The van der Waals surface area contributed by atoms with Gasteiger partial charge < -0.3 is 5.73 Å². The Morgan fingerprint density at radius 3 is 2.17 bits per heavy atom. The van der Waals surface area contributed by atoms with Gasteiger partial charge in [0.25, 0.3) is 0 Å². The first-order valence-electron chi connectivity index (χ1n) is 8.02. The Balaban J connectivity index is 1.52. The zero-order valence-corrected chi connectivity index (χ0v) is 12.6. The third-order valence-corrected chi connectivity index (χ3v) is 4.52. The molecule has 0 atom stereocenters. The van der Waals surface area contributed by atoms with E-state index in [2.05, 4.69) is 30.4 Å².